The Morgan fingerprint density at radius 3 is 3.00 bits per heavy atom. The number of nitrogens with zero attached hydrogens (tertiary/aromatic N) is 1. The molecule has 1 aromatic carbocycles. The molecule has 1 saturated heterocycles. The van der Waals surface area contributed by atoms with Crippen molar-refractivity contribution in [3.8, 4) is 0 Å². The molecule has 132 valence electrons. The van der Waals surface area contributed by atoms with E-state index in [2.05, 4.69) is 63.7 Å². The second-order valence-electron chi connectivity index (χ2n) is 6.08. The van der Waals surface area contributed by atoms with Crippen LogP contribution in [0.25, 0.3) is 10.9 Å². The van der Waals surface area contributed by atoms with Gasteiger partial charge in [0.05, 0.1) is 0 Å². The van der Waals surface area contributed by atoms with Gasteiger partial charge in [-0.15, -0.1) is 24.0 Å². The minimum absolute atomic E-state index is 0. The zero-order chi connectivity index (χ0) is 16.1. The summed E-state index contributed by atoms with van der Waals surface area (Å²) in [7, 11) is 1.84. The Morgan fingerprint density at radius 1 is 1.38 bits per heavy atom. The number of H-pyrrole nitrogens is 1. The molecule has 3 N–H and O–H groups in total. The second-order valence-corrected chi connectivity index (χ2v) is 7.48. The van der Waals surface area contributed by atoms with Crippen molar-refractivity contribution in [1.29, 1.82) is 0 Å². The highest BCUT2D eigenvalue weighted by Crippen LogP contribution is 2.25. The number of aromatic amines is 1. The number of rotatable bonds is 5. The monoisotopic (exact) mass is 458 g/mol. The number of hydrogen-bond acceptors (Lipinski definition) is 2. The molecule has 3 rings (SSSR count). The number of guanidine groups is 1. The van der Waals surface area contributed by atoms with Crippen LogP contribution < -0.4 is 10.6 Å². The number of benzene rings is 1. The molecule has 0 bridgehead atoms. The van der Waals surface area contributed by atoms with E-state index >= 15 is 0 Å². The second kappa shape index (κ2) is 9.56. The molecule has 2 heterocycles. The van der Waals surface area contributed by atoms with Crippen LogP contribution in [0.5, 0.6) is 0 Å². The average Bonchev–Trinajstić information content (AvgIpc) is 3.21. The maximum atomic E-state index is 4.32. The van der Waals surface area contributed by atoms with Crippen LogP contribution in [0.3, 0.4) is 0 Å². The highest BCUT2D eigenvalue weighted by Gasteiger charge is 2.15. The molecular weight excluding hydrogens is 431 g/mol. The summed E-state index contributed by atoms with van der Waals surface area (Å²) >= 11 is 2.07. The van der Waals surface area contributed by atoms with E-state index < -0.39 is 0 Å². The van der Waals surface area contributed by atoms with Crippen LogP contribution in [-0.2, 0) is 6.42 Å². The number of hydrogen-bond donors (Lipinski definition) is 3. The first-order valence-corrected chi connectivity index (χ1v) is 9.44. The minimum Gasteiger partial charge on any atom is -0.361 e. The van der Waals surface area contributed by atoms with Crippen molar-refractivity contribution in [3.05, 3.63) is 35.5 Å². The van der Waals surface area contributed by atoms with Gasteiger partial charge >= 0.3 is 0 Å². The molecule has 1 fully saturated rings. The first-order chi connectivity index (χ1) is 11.3. The molecule has 1 atom stereocenters. The molecule has 0 radical (unpaired) electrons. The molecule has 24 heavy (non-hydrogen) atoms. The molecule has 6 heteroatoms. The van der Waals surface area contributed by atoms with E-state index in [1.807, 2.05) is 7.05 Å². The fourth-order valence-electron chi connectivity index (χ4n) is 3.12. The van der Waals surface area contributed by atoms with Crippen LogP contribution >= 0.6 is 35.7 Å². The Hall–Kier alpha value is -0.890. The van der Waals surface area contributed by atoms with Crippen LogP contribution in [0, 0.1) is 6.92 Å². The van der Waals surface area contributed by atoms with Crippen molar-refractivity contribution >= 4 is 52.6 Å². The summed E-state index contributed by atoms with van der Waals surface area (Å²) in [5.41, 5.74) is 3.91. The molecule has 0 amide bonds. The number of thioether (sulfide) groups is 1. The quantitative estimate of drug-likeness (QED) is 0.364. The molecule has 1 unspecified atom stereocenters. The largest absolute Gasteiger partial charge is 0.361 e. The van der Waals surface area contributed by atoms with Gasteiger partial charge in [-0.2, -0.15) is 11.8 Å². The lowest BCUT2D eigenvalue weighted by Crippen LogP contribution is -2.40. The van der Waals surface area contributed by atoms with E-state index in [1.54, 1.807) is 0 Å². The summed E-state index contributed by atoms with van der Waals surface area (Å²) in [6.07, 6.45) is 5.79. The molecule has 1 aliphatic rings. The highest BCUT2D eigenvalue weighted by atomic mass is 127. The molecule has 0 spiro atoms. The van der Waals surface area contributed by atoms with Gasteiger partial charge in [-0.05, 0) is 43.1 Å². The number of fused-ring (bicyclic) bond motifs is 1. The van der Waals surface area contributed by atoms with Crippen molar-refractivity contribution in [2.75, 3.05) is 25.9 Å². The van der Waals surface area contributed by atoms with Crippen molar-refractivity contribution < 1.29 is 0 Å². The van der Waals surface area contributed by atoms with E-state index in [1.165, 1.54) is 40.6 Å². The Labute approximate surface area is 165 Å². The number of nitrogens with one attached hydrogen (secondary N) is 3. The minimum atomic E-state index is 0. The maximum Gasteiger partial charge on any atom is 0.191 e. The van der Waals surface area contributed by atoms with Gasteiger partial charge in [0.15, 0.2) is 5.96 Å². The summed E-state index contributed by atoms with van der Waals surface area (Å²) in [6, 6.07) is 6.47. The third-order valence-corrected chi connectivity index (χ3v) is 5.84. The summed E-state index contributed by atoms with van der Waals surface area (Å²) in [4.78, 5) is 7.72. The normalized spacial score (nSPS) is 17.8. The van der Waals surface area contributed by atoms with Gasteiger partial charge in [0, 0.05) is 42.5 Å². The Bertz CT molecular complexity index is 677. The Morgan fingerprint density at radius 2 is 2.25 bits per heavy atom. The number of aromatic nitrogens is 1. The SMILES string of the molecule is CN=C(NCCc1c[nH]c2c(C)cccc12)NCC1CCCS1.I. The van der Waals surface area contributed by atoms with Gasteiger partial charge in [-0.25, -0.2) is 0 Å². The smallest absolute Gasteiger partial charge is 0.191 e. The Balaban J connectivity index is 0.00000208. The Kier molecular flexibility index (Phi) is 7.74. The number of halogens is 1. The third-order valence-electron chi connectivity index (χ3n) is 4.44. The summed E-state index contributed by atoms with van der Waals surface area (Å²) in [6.45, 7) is 4.04. The van der Waals surface area contributed by atoms with Crippen molar-refractivity contribution in [2.24, 2.45) is 4.99 Å². The topological polar surface area (TPSA) is 52.2 Å². The first kappa shape index (κ1) is 19.4. The fourth-order valence-corrected chi connectivity index (χ4v) is 4.32. The van der Waals surface area contributed by atoms with Crippen LogP contribution in [0.15, 0.2) is 29.4 Å². The first-order valence-electron chi connectivity index (χ1n) is 8.39. The van der Waals surface area contributed by atoms with E-state index in [9.17, 15) is 0 Å². The lowest BCUT2D eigenvalue weighted by Gasteiger charge is -2.14. The van der Waals surface area contributed by atoms with Crippen molar-refractivity contribution in [2.45, 2.75) is 31.4 Å². The van der Waals surface area contributed by atoms with Gasteiger partial charge in [0.1, 0.15) is 0 Å². The maximum absolute atomic E-state index is 4.32. The van der Waals surface area contributed by atoms with Gasteiger partial charge in [0.2, 0.25) is 0 Å². The van der Waals surface area contributed by atoms with Gasteiger partial charge in [-0.1, -0.05) is 18.2 Å². The summed E-state index contributed by atoms with van der Waals surface area (Å²) < 4.78 is 0. The standard InChI is InChI=1S/C18H26N4S.HI/c1-13-5-3-7-16-14(11-21-17(13)16)8-9-20-18(19-2)22-12-15-6-4-10-23-15;/h3,5,7,11,15,21H,4,6,8-10,12H2,1-2H3,(H2,19,20,22);1H. The van der Waals surface area contributed by atoms with E-state index in [0.717, 1.165) is 30.7 Å². The summed E-state index contributed by atoms with van der Waals surface area (Å²) in [5, 5.41) is 8.95. The highest BCUT2D eigenvalue weighted by molar-refractivity contribution is 14.0. The number of aliphatic imine (C=N–C) groups is 1. The van der Waals surface area contributed by atoms with Crippen LogP contribution in [0.4, 0.5) is 0 Å². The zero-order valence-corrected chi connectivity index (χ0v) is 17.5. The average molecular weight is 458 g/mol. The molecule has 1 aromatic heterocycles. The lowest BCUT2D eigenvalue weighted by atomic mass is 10.1. The fraction of sp³-hybridized carbons (Fsp3) is 0.500. The van der Waals surface area contributed by atoms with Crippen LogP contribution in [0.2, 0.25) is 0 Å². The lowest BCUT2D eigenvalue weighted by molar-refractivity contribution is 0.724. The predicted molar refractivity (Wildman–Crippen MR) is 117 cm³/mol. The zero-order valence-electron chi connectivity index (χ0n) is 14.4. The van der Waals surface area contributed by atoms with Gasteiger partial charge in [0.25, 0.3) is 0 Å². The molecule has 1 aliphatic heterocycles. The summed E-state index contributed by atoms with van der Waals surface area (Å²) in [5.74, 6) is 2.21. The third kappa shape index (κ3) is 4.81. The van der Waals surface area contributed by atoms with Crippen LogP contribution in [0.1, 0.15) is 24.0 Å². The van der Waals surface area contributed by atoms with Crippen LogP contribution in [-0.4, -0.2) is 42.1 Å². The molecule has 4 nitrogen and oxygen atoms in total. The molecule has 0 saturated carbocycles. The van der Waals surface area contributed by atoms with Gasteiger partial charge in [-0.3, -0.25) is 4.99 Å². The van der Waals surface area contributed by atoms with Crippen molar-refractivity contribution in [3.63, 3.8) is 0 Å². The molecule has 2 aromatic rings. The number of para-hydroxylation sites is 1. The van der Waals surface area contributed by atoms with Gasteiger partial charge < -0.3 is 15.6 Å². The molecule has 0 aliphatic carbocycles. The van der Waals surface area contributed by atoms with E-state index in [4.69, 9.17) is 0 Å². The van der Waals surface area contributed by atoms with E-state index in [-0.39, 0.29) is 24.0 Å². The van der Waals surface area contributed by atoms with E-state index in [0.29, 0.717) is 0 Å². The number of aryl methyl sites for hydroxylation is 1. The predicted octanol–water partition coefficient (Wildman–Crippen LogP) is 3.70. The van der Waals surface area contributed by atoms with Crippen molar-refractivity contribution in [1.82, 2.24) is 15.6 Å². The molecular formula is C18H27IN4S.